The van der Waals surface area contributed by atoms with Gasteiger partial charge in [0.05, 0.1) is 12.7 Å². The number of likely N-dealkylation sites (N-methyl/N-ethyl adjacent to an activating group) is 1. The number of nitrogens with one attached hydrogen (secondary N) is 1. The van der Waals surface area contributed by atoms with Crippen molar-refractivity contribution in [2.24, 2.45) is 5.92 Å². The van der Waals surface area contributed by atoms with Crippen molar-refractivity contribution in [3.63, 3.8) is 0 Å². The van der Waals surface area contributed by atoms with Gasteiger partial charge in [0.2, 0.25) is 0 Å². The number of benzene rings is 1. The van der Waals surface area contributed by atoms with Crippen LogP contribution in [0.5, 0.6) is 0 Å². The van der Waals surface area contributed by atoms with Gasteiger partial charge < -0.3 is 15.0 Å². The van der Waals surface area contributed by atoms with Crippen molar-refractivity contribution >= 4 is 0 Å². The van der Waals surface area contributed by atoms with Gasteiger partial charge in [0.15, 0.2) is 0 Å². The second kappa shape index (κ2) is 9.08. The van der Waals surface area contributed by atoms with Crippen molar-refractivity contribution < 1.29 is 4.74 Å². The van der Waals surface area contributed by atoms with E-state index in [1.807, 2.05) is 6.07 Å². The average Bonchev–Trinajstić information content (AvgIpc) is 2.37. The lowest BCUT2D eigenvalue weighted by atomic mass is 10.1. The molecule has 0 bridgehead atoms. The smallest absolute Gasteiger partial charge is 0.0949 e. The Hall–Kier alpha value is -0.900. The van der Waals surface area contributed by atoms with Gasteiger partial charge in [-0.2, -0.15) is 0 Å². The Balaban J connectivity index is 2.48. The van der Waals surface area contributed by atoms with E-state index in [4.69, 9.17) is 4.74 Å². The highest BCUT2D eigenvalue weighted by Gasteiger charge is 2.11. The number of hydrogen-bond donors (Lipinski definition) is 1. The van der Waals surface area contributed by atoms with Crippen LogP contribution in [0.1, 0.15) is 25.5 Å². The Labute approximate surface area is 118 Å². The number of hydrogen-bond acceptors (Lipinski definition) is 3. The molecule has 1 atom stereocenters. The molecular formula is C16H28N2O. The summed E-state index contributed by atoms with van der Waals surface area (Å²) in [6.07, 6.45) is 0.139. The molecule has 3 heteroatoms. The molecule has 1 aromatic carbocycles. The van der Waals surface area contributed by atoms with Gasteiger partial charge in [-0.1, -0.05) is 44.2 Å². The maximum Gasteiger partial charge on any atom is 0.0949 e. The first-order valence-electron chi connectivity index (χ1n) is 7.11. The van der Waals surface area contributed by atoms with E-state index in [1.54, 1.807) is 0 Å². The third kappa shape index (κ3) is 7.31. The second-order valence-electron chi connectivity index (χ2n) is 5.63. The van der Waals surface area contributed by atoms with E-state index in [0.29, 0.717) is 5.92 Å². The molecule has 0 fully saturated rings. The summed E-state index contributed by atoms with van der Waals surface area (Å²) in [5.41, 5.74) is 1.25. The quantitative estimate of drug-likeness (QED) is 0.742. The summed E-state index contributed by atoms with van der Waals surface area (Å²) in [7, 11) is 4.13. The zero-order valence-corrected chi connectivity index (χ0v) is 12.7. The molecule has 0 aliphatic carbocycles. The minimum absolute atomic E-state index is 0.139. The lowest BCUT2D eigenvalue weighted by molar-refractivity contribution is 0.0432. The maximum absolute atomic E-state index is 6.02. The number of rotatable bonds is 9. The predicted molar refractivity (Wildman–Crippen MR) is 81.4 cm³/mol. The topological polar surface area (TPSA) is 24.5 Å². The maximum atomic E-state index is 6.02. The number of ether oxygens (including phenoxy) is 1. The molecule has 0 aromatic heterocycles. The molecule has 0 heterocycles. The molecule has 0 radical (unpaired) electrons. The molecule has 0 amide bonds. The summed E-state index contributed by atoms with van der Waals surface area (Å²) < 4.78 is 6.02. The van der Waals surface area contributed by atoms with E-state index in [0.717, 1.165) is 26.2 Å². The first-order valence-corrected chi connectivity index (χ1v) is 7.11. The number of nitrogens with zero attached hydrogens (tertiary/aromatic N) is 1. The molecule has 1 aromatic rings. The molecule has 0 spiro atoms. The van der Waals surface area contributed by atoms with Gasteiger partial charge >= 0.3 is 0 Å². The Morgan fingerprint density at radius 2 is 1.79 bits per heavy atom. The first kappa shape index (κ1) is 16.2. The largest absolute Gasteiger partial charge is 0.371 e. The van der Waals surface area contributed by atoms with E-state index >= 15 is 0 Å². The summed E-state index contributed by atoms with van der Waals surface area (Å²) in [5, 5.41) is 3.48. The molecular weight excluding hydrogens is 236 g/mol. The van der Waals surface area contributed by atoms with Crippen LogP contribution in [0.3, 0.4) is 0 Å². The Bertz CT molecular complexity index is 311. The molecule has 0 saturated heterocycles. The fourth-order valence-corrected chi connectivity index (χ4v) is 1.82. The van der Waals surface area contributed by atoms with Crippen LogP contribution in [0.25, 0.3) is 0 Å². The fourth-order valence-electron chi connectivity index (χ4n) is 1.82. The Kier molecular flexibility index (Phi) is 7.72. The van der Waals surface area contributed by atoms with E-state index in [-0.39, 0.29) is 6.10 Å². The van der Waals surface area contributed by atoms with E-state index in [9.17, 15) is 0 Å². The highest BCUT2D eigenvalue weighted by Crippen LogP contribution is 2.16. The Morgan fingerprint density at radius 3 is 2.37 bits per heavy atom. The fraction of sp³-hybridized carbons (Fsp3) is 0.625. The lowest BCUT2D eigenvalue weighted by Gasteiger charge is -2.21. The SMILES string of the molecule is CC(C)CNCC(OCCN(C)C)c1ccccc1. The summed E-state index contributed by atoms with van der Waals surface area (Å²) >= 11 is 0. The van der Waals surface area contributed by atoms with Crippen molar-refractivity contribution in [3.05, 3.63) is 35.9 Å². The zero-order chi connectivity index (χ0) is 14.1. The van der Waals surface area contributed by atoms with Crippen molar-refractivity contribution in [2.45, 2.75) is 20.0 Å². The Morgan fingerprint density at radius 1 is 1.11 bits per heavy atom. The van der Waals surface area contributed by atoms with E-state index in [1.165, 1.54) is 5.56 Å². The molecule has 0 aliphatic heterocycles. The molecule has 1 rings (SSSR count). The normalized spacial score (nSPS) is 13.2. The minimum atomic E-state index is 0.139. The zero-order valence-electron chi connectivity index (χ0n) is 12.7. The molecule has 19 heavy (non-hydrogen) atoms. The van der Waals surface area contributed by atoms with E-state index in [2.05, 4.69) is 62.4 Å². The van der Waals surface area contributed by atoms with Crippen molar-refractivity contribution in [3.8, 4) is 0 Å². The van der Waals surface area contributed by atoms with Gasteiger partial charge in [-0.3, -0.25) is 0 Å². The van der Waals surface area contributed by atoms with Crippen LogP contribution < -0.4 is 5.32 Å². The van der Waals surface area contributed by atoms with E-state index < -0.39 is 0 Å². The van der Waals surface area contributed by atoms with Crippen LogP contribution in [-0.2, 0) is 4.74 Å². The van der Waals surface area contributed by atoms with Gasteiger partial charge in [-0.05, 0) is 32.1 Å². The highest BCUT2D eigenvalue weighted by molar-refractivity contribution is 5.17. The standard InChI is InChI=1S/C16H28N2O/c1-14(2)12-17-13-16(19-11-10-18(3)4)15-8-6-5-7-9-15/h5-9,14,16-17H,10-13H2,1-4H3. The minimum Gasteiger partial charge on any atom is -0.371 e. The van der Waals surface area contributed by atoms with Crippen LogP contribution in [-0.4, -0.2) is 45.2 Å². The summed E-state index contributed by atoms with van der Waals surface area (Å²) in [6, 6.07) is 10.5. The van der Waals surface area contributed by atoms with Crippen LogP contribution in [0.4, 0.5) is 0 Å². The molecule has 1 unspecified atom stereocenters. The van der Waals surface area contributed by atoms with Crippen molar-refractivity contribution in [1.29, 1.82) is 0 Å². The molecule has 0 aliphatic rings. The first-order chi connectivity index (χ1) is 9.09. The molecule has 0 saturated carbocycles. The van der Waals surface area contributed by atoms with Crippen LogP contribution >= 0.6 is 0 Å². The van der Waals surface area contributed by atoms with Crippen LogP contribution in [0, 0.1) is 5.92 Å². The molecule has 3 nitrogen and oxygen atoms in total. The van der Waals surface area contributed by atoms with Crippen LogP contribution in [0.2, 0.25) is 0 Å². The summed E-state index contributed by atoms with van der Waals surface area (Å²) in [4.78, 5) is 2.14. The van der Waals surface area contributed by atoms with Gasteiger partial charge in [-0.15, -0.1) is 0 Å². The lowest BCUT2D eigenvalue weighted by Crippen LogP contribution is -2.28. The third-order valence-corrected chi connectivity index (χ3v) is 2.91. The van der Waals surface area contributed by atoms with Crippen molar-refractivity contribution in [2.75, 3.05) is 40.3 Å². The molecule has 1 N–H and O–H groups in total. The third-order valence-electron chi connectivity index (χ3n) is 2.91. The van der Waals surface area contributed by atoms with Gasteiger partial charge in [0.1, 0.15) is 0 Å². The van der Waals surface area contributed by atoms with Gasteiger partial charge in [0, 0.05) is 13.1 Å². The monoisotopic (exact) mass is 264 g/mol. The van der Waals surface area contributed by atoms with Gasteiger partial charge in [-0.25, -0.2) is 0 Å². The van der Waals surface area contributed by atoms with Crippen molar-refractivity contribution in [1.82, 2.24) is 10.2 Å². The summed E-state index contributed by atoms with van der Waals surface area (Å²) in [6.45, 7) is 8.05. The average molecular weight is 264 g/mol. The predicted octanol–water partition coefficient (Wildman–Crippen LogP) is 2.55. The second-order valence-corrected chi connectivity index (χ2v) is 5.63. The van der Waals surface area contributed by atoms with Gasteiger partial charge in [0.25, 0.3) is 0 Å². The summed E-state index contributed by atoms with van der Waals surface area (Å²) in [5.74, 6) is 0.665. The highest BCUT2D eigenvalue weighted by atomic mass is 16.5. The molecule has 108 valence electrons. The van der Waals surface area contributed by atoms with Crippen LogP contribution in [0.15, 0.2) is 30.3 Å².